The Kier molecular flexibility index (Phi) is 10.1. The lowest BCUT2D eigenvalue weighted by Crippen LogP contribution is -2.50. The number of rotatable bonds is 12. The Morgan fingerprint density at radius 1 is 1.23 bits per heavy atom. The molecule has 0 unspecified atom stereocenters. The first-order valence-corrected chi connectivity index (χ1v) is 17.9. The number of carbonyl (C=O) groups is 1. The molecule has 0 aromatic heterocycles. The molecule has 7 nitrogen and oxygen atoms in total. The van der Waals surface area contributed by atoms with Gasteiger partial charge < -0.3 is 15.4 Å². The highest BCUT2D eigenvalue weighted by molar-refractivity contribution is 7.90. The van der Waals surface area contributed by atoms with Crippen LogP contribution in [0.5, 0.6) is 5.75 Å². The van der Waals surface area contributed by atoms with Gasteiger partial charge in [-0.3, -0.25) is 4.79 Å². The quantitative estimate of drug-likeness (QED) is 0.256. The molecule has 5 atom stereocenters. The number of nitrogens with one attached hydrogen (secondary N) is 1. The molecule has 9 heteroatoms. The van der Waals surface area contributed by atoms with Crippen LogP contribution in [0, 0.1) is 11.8 Å². The molecule has 1 aliphatic heterocycles. The highest BCUT2D eigenvalue weighted by atomic mass is 35.5. The predicted octanol–water partition coefficient (Wildman–Crippen LogP) is 6.55. The number of anilines is 1. The van der Waals surface area contributed by atoms with E-state index in [-0.39, 0.29) is 11.5 Å². The molecular formula is C35H46ClN3O4S. The summed E-state index contributed by atoms with van der Waals surface area (Å²) >= 11 is 6.40. The van der Waals surface area contributed by atoms with E-state index >= 15 is 0 Å². The van der Waals surface area contributed by atoms with E-state index in [1.807, 2.05) is 25.1 Å². The van der Waals surface area contributed by atoms with E-state index in [1.165, 1.54) is 11.1 Å². The molecule has 2 aliphatic carbocycles. The lowest BCUT2D eigenvalue weighted by molar-refractivity contribution is 0.0981. The minimum atomic E-state index is -3.87. The number of amides is 1. The summed E-state index contributed by atoms with van der Waals surface area (Å²) in [5.41, 5.74) is 9.80. The van der Waals surface area contributed by atoms with E-state index in [1.54, 1.807) is 18.2 Å². The van der Waals surface area contributed by atoms with Crippen LogP contribution in [0.4, 0.5) is 5.69 Å². The maximum Gasteiger partial charge on any atom is 0.264 e. The first-order chi connectivity index (χ1) is 21.1. The summed E-state index contributed by atoms with van der Waals surface area (Å²) in [6.07, 6.45) is 10.8. The Labute approximate surface area is 267 Å². The Hall–Kier alpha value is -2.81. The second kappa shape index (κ2) is 13.7. The summed E-state index contributed by atoms with van der Waals surface area (Å²) in [7, 11) is -3.87. The minimum absolute atomic E-state index is 0.0672. The lowest BCUT2D eigenvalue weighted by Gasteiger charge is -2.45. The van der Waals surface area contributed by atoms with Gasteiger partial charge in [0.2, 0.25) is 10.0 Å². The van der Waals surface area contributed by atoms with Gasteiger partial charge in [-0.05, 0) is 105 Å². The van der Waals surface area contributed by atoms with Crippen molar-refractivity contribution >= 4 is 33.2 Å². The standard InChI is InChI=1S/C35H46ClN3O4S/c1-4-7-11-28(9-5-2)44(41,42)38-34(40)25-13-17-33-32(20-25)39(21-26-12-15-29(26)31(37)6-3)22-35(23-43-33)18-8-10-24-19-27(36)14-16-30(24)35/h4,6,13-14,16-17,19-20,26,28-29,31H,1,3,5,7-12,15,18,21-23,37H2,2H3,(H,38,40)/t26-,28+,29+,31-,35-/m0/s1. The number of aryl methyl sites for hydroxylation is 1. The van der Waals surface area contributed by atoms with E-state index in [0.717, 1.165) is 49.4 Å². The van der Waals surface area contributed by atoms with Gasteiger partial charge >= 0.3 is 0 Å². The van der Waals surface area contributed by atoms with E-state index in [4.69, 9.17) is 22.1 Å². The van der Waals surface area contributed by atoms with Crippen molar-refractivity contribution in [3.63, 3.8) is 0 Å². The highest BCUT2D eigenvalue weighted by Crippen LogP contribution is 2.46. The van der Waals surface area contributed by atoms with Crippen molar-refractivity contribution in [1.29, 1.82) is 0 Å². The van der Waals surface area contributed by atoms with Crippen molar-refractivity contribution < 1.29 is 17.9 Å². The van der Waals surface area contributed by atoms with Crippen LogP contribution in [0.1, 0.15) is 79.8 Å². The maximum absolute atomic E-state index is 13.5. The minimum Gasteiger partial charge on any atom is -0.490 e. The molecule has 1 spiro atoms. The first-order valence-electron chi connectivity index (χ1n) is 16.0. The van der Waals surface area contributed by atoms with Crippen molar-refractivity contribution in [2.24, 2.45) is 17.6 Å². The van der Waals surface area contributed by atoms with E-state index < -0.39 is 21.2 Å². The summed E-state index contributed by atoms with van der Waals surface area (Å²) in [4.78, 5) is 15.8. The third-order valence-electron chi connectivity index (χ3n) is 9.97. The van der Waals surface area contributed by atoms with Gasteiger partial charge in [-0.1, -0.05) is 43.2 Å². The van der Waals surface area contributed by atoms with E-state index in [2.05, 4.69) is 34.9 Å². The maximum atomic E-state index is 13.5. The molecule has 0 bridgehead atoms. The van der Waals surface area contributed by atoms with Crippen molar-refractivity contribution in [2.75, 3.05) is 24.6 Å². The normalized spacial score (nSPS) is 24.1. The molecular weight excluding hydrogens is 594 g/mol. The number of benzene rings is 2. The Bertz CT molecular complexity index is 1490. The fourth-order valence-corrected chi connectivity index (χ4v) is 9.12. The number of carbonyl (C=O) groups excluding carboxylic acids is 1. The topological polar surface area (TPSA) is 102 Å². The number of fused-ring (bicyclic) bond motifs is 3. The molecule has 44 heavy (non-hydrogen) atoms. The fraction of sp³-hybridized carbons (Fsp3) is 0.514. The van der Waals surface area contributed by atoms with Crippen LogP contribution in [-0.2, 0) is 21.9 Å². The summed E-state index contributed by atoms with van der Waals surface area (Å²) in [5, 5.41) is 0.0851. The Morgan fingerprint density at radius 2 is 2.05 bits per heavy atom. The zero-order valence-electron chi connectivity index (χ0n) is 25.8. The molecule has 238 valence electrons. The molecule has 1 fully saturated rings. The molecule has 1 heterocycles. The monoisotopic (exact) mass is 639 g/mol. The van der Waals surface area contributed by atoms with Crippen LogP contribution >= 0.6 is 11.6 Å². The number of sulfonamides is 1. The summed E-state index contributed by atoms with van der Waals surface area (Å²) in [6, 6.07) is 11.4. The molecule has 2 aromatic carbocycles. The number of ether oxygens (including phenoxy) is 1. The fourth-order valence-electron chi connectivity index (χ4n) is 7.39. The SMILES string of the molecule is C=CCC[C@@H](CCC)S(=O)(=O)NC(=O)c1ccc2c(c1)N(C[C@@H]1CC[C@H]1[C@@H](N)C=C)C[C@@]1(CCCc3cc(Cl)ccc31)CO2. The molecule has 5 rings (SSSR count). The average Bonchev–Trinajstić information content (AvgIpc) is 3.13. The van der Waals surface area contributed by atoms with Crippen molar-refractivity contribution in [3.8, 4) is 5.75 Å². The number of hydrogen-bond acceptors (Lipinski definition) is 6. The van der Waals surface area contributed by atoms with Crippen LogP contribution < -0.4 is 20.1 Å². The second-order valence-corrected chi connectivity index (χ2v) is 15.3. The molecule has 0 radical (unpaired) electrons. The number of hydrogen-bond donors (Lipinski definition) is 2. The van der Waals surface area contributed by atoms with Crippen LogP contribution in [-0.4, -0.2) is 45.3 Å². The molecule has 0 saturated heterocycles. The van der Waals surface area contributed by atoms with Crippen LogP contribution in [0.2, 0.25) is 5.02 Å². The van der Waals surface area contributed by atoms with Crippen LogP contribution in [0.25, 0.3) is 0 Å². The number of allylic oxidation sites excluding steroid dienone is 1. The predicted molar refractivity (Wildman–Crippen MR) is 179 cm³/mol. The van der Waals surface area contributed by atoms with Crippen molar-refractivity contribution in [1.82, 2.24) is 4.72 Å². The molecule has 1 saturated carbocycles. The zero-order chi connectivity index (χ0) is 31.5. The lowest BCUT2D eigenvalue weighted by atomic mass is 9.68. The third kappa shape index (κ3) is 6.73. The van der Waals surface area contributed by atoms with Crippen molar-refractivity contribution in [3.05, 3.63) is 83.4 Å². The first kappa shape index (κ1) is 32.6. The second-order valence-electron chi connectivity index (χ2n) is 12.9. The summed E-state index contributed by atoms with van der Waals surface area (Å²) < 4.78 is 35.4. The number of halogens is 1. The van der Waals surface area contributed by atoms with Crippen LogP contribution in [0.3, 0.4) is 0 Å². The van der Waals surface area contributed by atoms with E-state index in [0.29, 0.717) is 62.0 Å². The smallest absolute Gasteiger partial charge is 0.264 e. The zero-order valence-corrected chi connectivity index (χ0v) is 27.3. The number of nitrogens with zero attached hydrogens (tertiary/aromatic N) is 1. The number of nitrogens with two attached hydrogens (primary N) is 1. The van der Waals surface area contributed by atoms with E-state index in [9.17, 15) is 13.2 Å². The molecule has 1 amide bonds. The largest absolute Gasteiger partial charge is 0.490 e. The van der Waals surface area contributed by atoms with Crippen LogP contribution in [0.15, 0.2) is 61.7 Å². The highest BCUT2D eigenvalue weighted by Gasteiger charge is 2.44. The van der Waals surface area contributed by atoms with Crippen molar-refractivity contribution in [2.45, 2.75) is 81.4 Å². The van der Waals surface area contributed by atoms with Gasteiger partial charge in [-0.15, -0.1) is 13.2 Å². The Morgan fingerprint density at radius 3 is 2.75 bits per heavy atom. The van der Waals surface area contributed by atoms with Gasteiger partial charge in [0.1, 0.15) is 5.75 Å². The third-order valence-corrected chi connectivity index (χ3v) is 12.0. The van der Waals surface area contributed by atoms with Gasteiger partial charge in [-0.25, -0.2) is 13.1 Å². The van der Waals surface area contributed by atoms with Gasteiger partial charge in [-0.2, -0.15) is 0 Å². The molecule has 3 N–H and O–H groups in total. The Balaban J connectivity index is 1.48. The molecule has 2 aromatic rings. The average molecular weight is 640 g/mol. The van der Waals surface area contributed by atoms with Gasteiger partial charge in [0.15, 0.2) is 0 Å². The summed E-state index contributed by atoms with van der Waals surface area (Å²) in [5.74, 6) is 0.786. The molecule has 3 aliphatic rings. The van der Waals surface area contributed by atoms with Gasteiger partial charge in [0.05, 0.1) is 17.5 Å². The van der Waals surface area contributed by atoms with Gasteiger partial charge in [0, 0.05) is 35.1 Å². The summed E-state index contributed by atoms with van der Waals surface area (Å²) in [6.45, 7) is 11.6. The van der Waals surface area contributed by atoms with Gasteiger partial charge in [0.25, 0.3) is 5.91 Å².